The fourth-order valence-electron chi connectivity index (χ4n) is 1.05. The molecule has 12 heavy (non-hydrogen) atoms. The minimum Gasteiger partial charge on any atom is -0.392 e. The van der Waals surface area contributed by atoms with Crippen molar-refractivity contribution in [1.29, 1.82) is 0 Å². The first-order valence-corrected chi connectivity index (χ1v) is 4.74. The van der Waals surface area contributed by atoms with Crippen molar-refractivity contribution in [1.82, 2.24) is 5.32 Å². The standard InChI is InChI=1S/C10H23NO/c1-8(2)6-9(12)7-11-10(3,4)5/h8-9,11-12H,6-7H2,1-5H3. The molecule has 0 radical (unpaired) electrons. The number of hydrogen-bond donors (Lipinski definition) is 2. The van der Waals surface area contributed by atoms with Crippen LogP contribution in [0.3, 0.4) is 0 Å². The van der Waals surface area contributed by atoms with Crippen LogP contribution < -0.4 is 5.32 Å². The Bertz CT molecular complexity index is 115. The predicted molar refractivity (Wildman–Crippen MR) is 53.2 cm³/mol. The third kappa shape index (κ3) is 8.02. The van der Waals surface area contributed by atoms with E-state index in [1.54, 1.807) is 0 Å². The molecule has 0 heterocycles. The van der Waals surface area contributed by atoms with Crippen LogP contribution in [0.25, 0.3) is 0 Å². The highest BCUT2D eigenvalue weighted by atomic mass is 16.3. The number of aliphatic hydroxyl groups excluding tert-OH is 1. The molecule has 1 atom stereocenters. The molecule has 0 aliphatic heterocycles. The van der Waals surface area contributed by atoms with E-state index in [0.717, 1.165) is 6.42 Å². The number of nitrogens with one attached hydrogen (secondary N) is 1. The van der Waals surface area contributed by atoms with Crippen LogP contribution in [0.15, 0.2) is 0 Å². The van der Waals surface area contributed by atoms with Gasteiger partial charge in [0.05, 0.1) is 6.10 Å². The second kappa shape index (κ2) is 4.83. The van der Waals surface area contributed by atoms with Gasteiger partial charge in [-0.3, -0.25) is 0 Å². The van der Waals surface area contributed by atoms with Crippen LogP contribution in [-0.4, -0.2) is 23.3 Å². The summed E-state index contributed by atoms with van der Waals surface area (Å²) in [6.45, 7) is 11.3. The van der Waals surface area contributed by atoms with E-state index in [2.05, 4.69) is 39.9 Å². The summed E-state index contributed by atoms with van der Waals surface area (Å²) in [5.41, 5.74) is 0.109. The average Bonchev–Trinajstić information content (AvgIpc) is 1.80. The SMILES string of the molecule is CC(C)CC(O)CNC(C)(C)C. The second-order valence-electron chi connectivity index (χ2n) is 4.91. The highest BCUT2D eigenvalue weighted by Crippen LogP contribution is 2.05. The largest absolute Gasteiger partial charge is 0.392 e. The van der Waals surface area contributed by atoms with Gasteiger partial charge in [-0.25, -0.2) is 0 Å². The molecule has 0 aliphatic carbocycles. The summed E-state index contributed by atoms with van der Waals surface area (Å²) >= 11 is 0. The lowest BCUT2D eigenvalue weighted by molar-refractivity contribution is 0.137. The zero-order chi connectivity index (χ0) is 9.78. The Kier molecular flexibility index (Phi) is 4.80. The van der Waals surface area contributed by atoms with Crippen molar-refractivity contribution < 1.29 is 5.11 Å². The van der Waals surface area contributed by atoms with Crippen LogP contribution in [-0.2, 0) is 0 Å². The zero-order valence-electron chi connectivity index (χ0n) is 9.02. The Morgan fingerprint density at radius 3 is 2.08 bits per heavy atom. The van der Waals surface area contributed by atoms with E-state index in [-0.39, 0.29) is 11.6 Å². The Balaban J connectivity index is 3.51. The molecule has 2 N–H and O–H groups in total. The normalized spacial score (nSPS) is 15.2. The summed E-state index contributed by atoms with van der Waals surface area (Å²) in [5.74, 6) is 0.571. The smallest absolute Gasteiger partial charge is 0.0667 e. The third-order valence-electron chi connectivity index (χ3n) is 1.61. The fraction of sp³-hybridized carbons (Fsp3) is 1.00. The van der Waals surface area contributed by atoms with E-state index in [1.165, 1.54) is 0 Å². The van der Waals surface area contributed by atoms with Gasteiger partial charge in [0.2, 0.25) is 0 Å². The highest BCUT2D eigenvalue weighted by molar-refractivity contribution is 4.73. The summed E-state index contributed by atoms with van der Waals surface area (Å²) in [6, 6.07) is 0. The van der Waals surface area contributed by atoms with Gasteiger partial charge in [-0.2, -0.15) is 0 Å². The van der Waals surface area contributed by atoms with Crippen molar-refractivity contribution in [2.24, 2.45) is 5.92 Å². The molecule has 0 saturated heterocycles. The van der Waals surface area contributed by atoms with E-state index >= 15 is 0 Å². The molecule has 0 bridgehead atoms. The maximum atomic E-state index is 9.52. The molecule has 1 unspecified atom stereocenters. The minimum absolute atomic E-state index is 0.109. The molecule has 0 spiro atoms. The maximum Gasteiger partial charge on any atom is 0.0667 e. The molecule has 0 amide bonds. The molecule has 2 nitrogen and oxygen atoms in total. The first-order valence-electron chi connectivity index (χ1n) is 4.74. The van der Waals surface area contributed by atoms with Crippen LogP contribution >= 0.6 is 0 Å². The van der Waals surface area contributed by atoms with Gasteiger partial charge in [0.15, 0.2) is 0 Å². The van der Waals surface area contributed by atoms with Crippen LogP contribution in [0.1, 0.15) is 41.0 Å². The molecule has 0 aromatic carbocycles. The number of hydrogen-bond acceptors (Lipinski definition) is 2. The fourth-order valence-corrected chi connectivity index (χ4v) is 1.05. The Labute approximate surface area is 76.4 Å². The van der Waals surface area contributed by atoms with Crippen LogP contribution in [0.4, 0.5) is 0 Å². The van der Waals surface area contributed by atoms with E-state index in [1.807, 2.05) is 0 Å². The van der Waals surface area contributed by atoms with Gasteiger partial charge in [0.1, 0.15) is 0 Å². The maximum absolute atomic E-state index is 9.52. The van der Waals surface area contributed by atoms with Crippen molar-refractivity contribution in [2.75, 3.05) is 6.54 Å². The molecule has 0 saturated carbocycles. The molecule has 0 rings (SSSR count). The van der Waals surface area contributed by atoms with Crippen LogP contribution in [0.2, 0.25) is 0 Å². The van der Waals surface area contributed by atoms with Gasteiger partial charge in [-0.1, -0.05) is 13.8 Å². The zero-order valence-corrected chi connectivity index (χ0v) is 9.02. The lowest BCUT2D eigenvalue weighted by Crippen LogP contribution is -2.41. The van der Waals surface area contributed by atoms with Gasteiger partial charge in [0.25, 0.3) is 0 Å². The van der Waals surface area contributed by atoms with Crippen LogP contribution in [0, 0.1) is 5.92 Å². The number of aliphatic hydroxyl groups is 1. The molecule has 0 aliphatic rings. The molecule has 0 aromatic heterocycles. The Hall–Kier alpha value is -0.0800. The summed E-state index contributed by atoms with van der Waals surface area (Å²) in [7, 11) is 0. The van der Waals surface area contributed by atoms with E-state index in [4.69, 9.17) is 0 Å². The first-order chi connectivity index (χ1) is 5.31. The van der Waals surface area contributed by atoms with Gasteiger partial charge in [0, 0.05) is 12.1 Å². The van der Waals surface area contributed by atoms with Gasteiger partial charge in [-0.15, -0.1) is 0 Å². The molecular formula is C10H23NO. The topological polar surface area (TPSA) is 32.3 Å². The van der Waals surface area contributed by atoms with Crippen molar-refractivity contribution in [3.63, 3.8) is 0 Å². The lowest BCUT2D eigenvalue weighted by Gasteiger charge is -2.23. The van der Waals surface area contributed by atoms with Crippen molar-refractivity contribution in [3.8, 4) is 0 Å². The highest BCUT2D eigenvalue weighted by Gasteiger charge is 2.12. The van der Waals surface area contributed by atoms with Crippen molar-refractivity contribution in [2.45, 2.75) is 52.7 Å². The van der Waals surface area contributed by atoms with E-state index in [0.29, 0.717) is 12.5 Å². The third-order valence-corrected chi connectivity index (χ3v) is 1.61. The quantitative estimate of drug-likeness (QED) is 0.679. The van der Waals surface area contributed by atoms with Gasteiger partial charge in [-0.05, 0) is 33.1 Å². The van der Waals surface area contributed by atoms with Crippen molar-refractivity contribution in [3.05, 3.63) is 0 Å². The van der Waals surface area contributed by atoms with Crippen molar-refractivity contribution >= 4 is 0 Å². The summed E-state index contributed by atoms with van der Waals surface area (Å²) in [4.78, 5) is 0. The molecular weight excluding hydrogens is 150 g/mol. The van der Waals surface area contributed by atoms with E-state index in [9.17, 15) is 5.11 Å². The molecule has 0 aromatic rings. The molecule has 0 fully saturated rings. The van der Waals surface area contributed by atoms with Gasteiger partial charge >= 0.3 is 0 Å². The van der Waals surface area contributed by atoms with E-state index < -0.39 is 0 Å². The molecule has 2 heteroatoms. The van der Waals surface area contributed by atoms with Gasteiger partial charge < -0.3 is 10.4 Å². The Morgan fingerprint density at radius 2 is 1.75 bits per heavy atom. The minimum atomic E-state index is -0.204. The summed E-state index contributed by atoms with van der Waals surface area (Å²) in [6.07, 6.45) is 0.674. The summed E-state index contributed by atoms with van der Waals surface area (Å²) < 4.78 is 0. The lowest BCUT2D eigenvalue weighted by atomic mass is 10.0. The monoisotopic (exact) mass is 173 g/mol. The second-order valence-corrected chi connectivity index (χ2v) is 4.91. The summed E-state index contributed by atoms with van der Waals surface area (Å²) in [5, 5.41) is 12.8. The number of rotatable bonds is 4. The first kappa shape index (κ1) is 11.9. The number of β-amino-alcohol motifs (C(OH)–C–C–N with tert-alkyl or cyclic N) is 1. The molecule has 74 valence electrons. The Morgan fingerprint density at radius 1 is 1.25 bits per heavy atom. The van der Waals surface area contributed by atoms with Crippen LogP contribution in [0.5, 0.6) is 0 Å². The predicted octanol–water partition coefficient (Wildman–Crippen LogP) is 1.78. The average molecular weight is 173 g/mol.